The van der Waals surface area contributed by atoms with Gasteiger partial charge in [-0.25, -0.2) is 18.5 Å². The van der Waals surface area contributed by atoms with Crippen molar-refractivity contribution in [1.82, 2.24) is 10.3 Å². The monoisotopic (exact) mass is 572 g/mol. The van der Waals surface area contributed by atoms with E-state index in [1.165, 1.54) is 12.1 Å². The third-order valence-electron chi connectivity index (χ3n) is 5.43. The molecule has 0 unspecified atom stereocenters. The normalized spacial score (nSPS) is 11.6. The Morgan fingerprint density at radius 3 is 2.30 bits per heavy atom. The number of hydrogen-bond acceptors (Lipinski definition) is 6. The van der Waals surface area contributed by atoms with E-state index >= 15 is 0 Å². The Hall–Kier alpha value is -4.05. The highest BCUT2D eigenvalue weighted by Gasteiger charge is 2.20. The van der Waals surface area contributed by atoms with Crippen molar-refractivity contribution in [3.8, 4) is 0 Å². The number of sulfonamides is 1. The van der Waals surface area contributed by atoms with Gasteiger partial charge in [0.15, 0.2) is 0 Å². The molecule has 2 heterocycles. The number of nitrogens with one attached hydrogen (secondary N) is 1. The van der Waals surface area contributed by atoms with E-state index in [9.17, 15) is 13.2 Å². The summed E-state index contributed by atoms with van der Waals surface area (Å²) in [6.45, 7) is 9.49. The Morgan fingerprint density at radius 2 is 1.65 bits per heavy atom. The number of aromatic nitrogens is 1. The summed E-state index contributed by atoms with van der Waals surface area (Å²) in [6.07, 6.45) is 3.48. The molecule has 5 rings (SSSR count). The molecule has 0 aliphatic carbocycles. The number of carbonyl (C=O) groups is 1. The Labute approximate surface area is 240 Å². The van der Waals surface area contributed by atoms with Gasteiger partial charge in [0.25, 0.3) is 5.91 Å². The van der Waals surface area contributed by atoms with Crippen LogP contribution in [0.25, 0.3) is 0 Å². The van der Waals surface area contributed by atoms with Crippen molar-refractivity contribution in [3.63, 3.8) is 0 Å². The maximum absolute atomic E-state index is 12.9. The molecular formula is C31H32N4O3S2. The minimum atomic E-state index is -3.76. The first-order valence-electron chi connectivity index (χ1n) is 12.7. The molecule has 1 aliphatic heterocycles. The standard InChI is InChI=1S/C26H20N4O3S2.C3H6.C2H6/c27-35(32,33)19-11-8-17(9-12-19)16-29-26(31)18-10-13-24-22(15-18)30-25(21-6-3-4-14-28-21)20-5-1-2-7-23(20)34-24;1-3-2;1-2/h1-15H,16H2,(H,29,31)(H2,27,32,33);3H,1H2,2H3;1-2H3. The summed E-state index contributed by atoms with van der Waals surface area (Å²) >= 11 is 1.60. The molecule has 40 heavy (non-hydrogen) atoms. The highest BCUT2D eigenvalue weighted by atomic mass is 32.2. The number of rotatable bonds is 5. The number of nitrogens with zero attached hydrogens (tertiary/aromatic N) is 2. The summed E-state index contributed by atoms with van der Waals surface area (Å²) in [5.74, 6) is -0.260. The van der Waals surface area contributed by atoms with Crippen LogP contribution in [0, 0.1) is 0 Å². The number of nitrogens with two attached hydrogens (primary N) is 1. The van der Waals surface area contributed by atoms with Gasteiger partial charge in [-0.2, -0.15) is 0 Å². The molecule has 1 aliphatic rings. The molecule has 0 spiro atoms. The minimum absolute atomic E-state index is 0.0263. The zero-order chi connectivity index (χ0) is 29.1. The number of hydrogen-bond donors (Lipinski definition) is 2. The van der Waals surface area contributed by atoms with E-state index in [1.807, 2.05) is 63.2 Å². The van der Waals surface area contributed by atoms with E-state index < -0.39 is 10.0 Å². The molecule has 4 aromatic rings. The van der Waals surface area contributed by atoms with Crippen LogP contribution in [-0.2, 0) is 16.6 Å². The van der Waals surface area contributed by atoms with Crippen molar-refractivity contribution in [2.45, 2.75) is 42.0 Å². The van der Waals surface area contributed by atoms with Crippen molar-refractivity contribution >= 4 is 39.1 Å². The van der Waals surface area contributed by atoms with Gasteiger partial charge in [0, 0.05) is 33.7 Å². The molecule has 3 aromatic carbocycles. The molecular weight excluding hydrogens is 541 g/mol. The van der Waals surface area contributed by atoms with Gasteiger partial charge >= 0.3 is 0 Å². The summed E-state index contributed by atoms with van der Waals surface area (Å²) in [4.78, 5) is 24.3. The Balaban J connectivity index is 0.000000827. The first-order valence-corrected chi connectivity index (χ1v) is 15.0. The first kappa shape index (κ1) is 30.5. The fraction of sp³-hybridized carbons (Fsp3) is 0.129. The van der Waals surface area contributed by atoms with E-state index in [0.717, 1.165) is 32.3 Å². The second-order valence-electron chi connectivity index (χ2n) is 8.24. The Bertz CT molecular complexity index is 1600. The third-order valence-corrected chi connectivity index (χ3v) is 7.50. The van der Waals surface area contributed by atoms with E-state index in [-0.39, 0.29) is 17.3 Å². The fourth-order valence-electron chi connectivity index (χ4n) is 3.66. The summed E-state index contributed by atoms with van der Waals surface area (Å²) < 4.78 is 22.8. The molecule has 0 saturated heterocycles. The Kier molecular flexibility index (Phi) is 11.0. The van der Waals surface area contributed by atoms with Crippen LogP contribution >= 0.6 is 11.8 Å². The maximum atomic E-state index is 12.9. The van der Waals surface area contributed by atoms with Crippen LogP contribution in [0.2, 0.25) is 0 Å². The largest absolute Gasteiger partial charge is 0.348 e. The molecule has 0 atom stereocenters. The summed E-state index contributed by atoms with van der Waals surface area (Å²) in [6, 6.07) is 25.3. The lowest BCUT2D eigenvalue weighted by Gasteiger charge is -2.09. The lowest BCUT2D eigenvalue weighted by molar-refractivity contribution is 0.0951. The average molecular weight is 573 g/mol. The van der Waals surface area contributed by atoms with E-state index in [1.54, 1.807) is 48.3 Å². The van der Waals surface area contributed by atoms with Crippen LogP contribution in [0.4, 0.5) is 5.69 Å². The van der Waals surface area contributed by atoms with Gasteiger partial charge in [-0.1, -0.05) is 68.1 Å². The number of benzene rings is 3. The van der Waals surface area contributed by atoms with Gasteiger partial charge in [-0.3, -0.25) is 9.78 Å². The van der Waals surface area contributed by atoms with Gasteiger partial charge in [0.2, 0.25) is 10.0 Å². The number of amides is 1. The topological polar surface area (TPSA) is 115 Å². The van der Waals surface area contributed by atoms with Gasteiger partial charge in [0.1, 0.15) is 0 Å². The molecule has 7 nitrogen and oxygen atoms in total. The molecule has 0 radical (unpaired) electrons. The van der Waals surface area contributed by atoms with Crippen LogP contribution in [-0.4, -0.2) is 25.0 Å². The molecule has 3 N–H and O–H groups in total. The van der Waals surface area contributed by atoms with Crippen LogP contribution < -0.4 is 10.5 Å². The number of primary sulfonamides is 1. The van der Waals surface area contributed by atoms with Crippen molar-refractivity contribution in [1.29, 1.82) is 0 Å². The summed E-state index contributed by atoms with van der Waals surface area (Å²) in [5, 5.41) is 8.00. The minimum Gasteiger partial charge on any atom is -0.348 e. The SMILES string of the molecule is C=CC.CC.NS(=O)(=O)c1ccc(CNC(=O)c2ccc3c(c2)N=C(c2ccccn2)c2ccccc2S3)cc1. The zero-order valence-corrected chi connectivity index (χ0v) is 24.3. The molecule has 1 aromatic heterocycles. The lowest BCUT2D eigenvalue weighted by atomic mass is 10.1. The highest BCUT2D eigenvalue weighted by molar-refractivity contribution is 7.99. The Morgan fingerprint density at radius 1 is 0.975 bits per heavy atom. The van der Waals surface area contributed by atoms with Crippen LogP contribution in [0.3, 0.4) is 0 Å². The van der Waals surface area contributed by atoms with Crippen LogP contribution in [0.5, 0.6) is 0 Å². The number of fused-ring (bicyclic) bond motifs is 2. The second-order valence-corrected chi connectivity index (χ2v) is 10.9. The predicted octanol–water partition coefficient (Wildman–Crippen LogP) is 6.51. The van der Waals surface area contributed by atoms with Crippen molar-refractivity contribution in [2.24, 2.45) is 10.1 Å². The second kappa shape index (κ2) is 14.4. The molecule has 0 saturated carbocycles. The van der Waals surface area contributed by atoms with Crippen LogP contribution in [0.15, 0.2) is 123 Å². The molecule has 1 amide bonds. The van der Waals surface area contributed by atoms with Gasteiger partial charge in [-0.15, -0.1) is 6.58 Å². The molecule has 0 fully saturated rings. The van der Waals surface area contributed by atoms with Crippen LogP contribution in [0.1, 0.15) is 48.0 Å². The number of pyridine rings is 1. The number of carbonyl (C=O) groups excluding carboxylic acids is 1. The van der Waals surface area contributed by atoms with Gasteiger partial charge in [0.05, 0.1) is 22.0 Å². The highest BCUT2D eigenvalue weighted by Crippen LogP contribution is 2.41. The fourth-order valence-corrected chi connectivity index (χ4v) is 5.18. The van der Waals surface area contributed by atoms with Gasteiger partial charge < -0.3 is 5.32 Å². The van der Waals surface area contributed by atoms with Crippen molar-refractivity contribution < 1.29 is 13.2 Å². The van der Waals surface area contributed by atoms with E-state index in [0.29, 0.717) is 11.3 Å². The van der Waals surface area contributed by atoms with Gasteiger partial charge in [-0.05, 0) is 61.0 Å². The molecule has 0 bridgehead atoms. The smallest absolute Gasteiger partial charge is 0.251 e. The van der Waals surface area contributed by atoms with Crippen molar-refractivity contribution in [2.75, 3.05) is 0 Å². The third kappa shape index (κ3) is 7.75. The van der Waals surface area contributed by atoms with E-state index in [2.05, 4.69) is 22.9 Å². The number of aliphatic imine (C=N–C) groups is 1. The zero-order valence-electron chi connectivity index (χ0n) is 22.7. The quantitative estimate of drug-likeness (QED) is 0.233. The average Bonchev–Trinajstić information content (AvgIpc) is 3.14. The predicted molar refractivity (Wildman–Crippen MR) is 163 cm³/mol. The first-order chi connectivity index (χ1) is 19.3. The van der Waals surface area contributed by atoms with Crippen molar-refractivity contribution in [3.05, 3.63) is 126 Å². The lowest BCUT2D eigenvalue weighted by Crippen LogP contribution is -2.22. The molecule has 9 heteroatoms. The molecule has 206 valence electrons. The van der Waals surface area contributed by atoms with E-state index in [4.69, 9.17) is 10.1 Å². The summed E-state index contributed by atoms with van der Waals surface area (Å²) in [5.41, 5.74) is 4.41. The maximum Gasteiger partial charge on any atom is 0.251 e. The summed E-state index contributed by atoms with van der Waals surface area (Å²) in [7, 11) is -3.76. The number of allylic oxidation sites excluding steroid dienone is 1.